The average molecular weight is 200 g/mol. The molecule has 0 aliphatic carbocycles. The van der Waals surface area contributed by atoms with Crippen molar-refractivity contribution < 1.29 is 9.90 Å². The fourth-order valence-corrected chi connectivity index (χ4v) is 2.02. The van der Waals surface area contributed by atoms with Crippen molar-refractivity contribution in [3.8, 4) is 0 Å². The van der Waals surface area contributed by atoms with Gasteiger partial charge in [0.05, 0.1) is 12.0 Å². The second-order valence-electron chi connectivity index (χ2n) is 4.29. The first kappa shape index (κ1) is 11.5. The quantitative estimate of drug-likeness (QED) is 0.587. The molecule has 0 aromatic heterocycles. The van der Waals surface area contributed by atoms with Gasteiger partial charge in [-0.25, -0.2) is 0 Å². The number of carbonyl (C=O) groups is 1. The normalized spacial score (nSPS) is 21.3. The summed E-state index contributed by atoms with van der Waals surface area (Å²) in [5.74, 6) is -0.720. The van der Waals surface area contributed by atoms with E-state index in [1.807, 2.05) is 0 Å². The van der Waals surface area contributed by atoms with Crippen molar-refractivity contribution >= 4 is 5.97 Å². The topological polar surface area (TPSA) is 61.4 Å². The Hall–Kier alpha value is -0.610. The van der Waals surface area contributed by atoms with Crippen molar-refractivity contribution in [3.63, 3.8) is 0 Å². The highest BCUT2D eigenvalue weighted by atomic mass is 16.4. The molecule has 1 saturated heterocycles. The molecule has 1 fully saturated rings. The first-order valence-electron chi connectivity index (χ1n) is 5.28. The molecule has 3 N–H and O–H groups in total. The Morgan fingerprint density at radius 2 is 2.29 bits per heavy atom. The predicted molar refractivity (Wildman–Crippen MR) is 55.4 cm³/mol. The molecule has 1 rings (SSSR count). The van der Waals surface area contributed by atoms with Gasteiger partial charge in [-0.15, -0.1) is 0 Å². The number of carboxylic acid groups (broad SMARTS) is 1. The third-order valence-electron chi connectivity index (χ3n) is 2.69. The molecule has 0 amide bonds. The maximum Gasteiger partial charge on any atom is 0.305 e. The highest BCUT2D eigenvalue weighted by molar-refractivity contribution is 5.68. The van der Waals surface area contributed by atoms with Crippen LogP contribution >= 0.6 is 0 Å². The van der Waals surface area contributed by atoms with E-state index in [4.69, 9.17) is 5.11 Å². The standard InChI is InChI=1S/C10H20N2O2/c1-3-4-8(2)12-10(5-9(13)14)6-11-7-10/h8,11-12H,3-7H2,1-2H3,(H,13,14). The second kappa shape index (κ2) is 4.75. The summed E-state index contributed by atoms with van der Waals surface area (Å²) in [5.41, 5.74) is -0.194. The molecule has 0 spiro atoms. The predicted octanol–water partition coefficient (Wildman–Crippen LogP) is 0.581. The first-order valence-corrected chi connectivity index (χ1v) is 5.28. The molecule has 4 heteroatoms. The van der Waals surface area contributed by atoms with Crippen LogP contribution in [-0.4, -0.2) is 35.7 Å². The summed E-state index contributed by atoms with van der Waals surface area (Å²) in [6.45, 7) is 5.80. The summed E-state index contributed by atoms with van der Waals surface area (Å²) in [7, 11) is 0. The van der Waals surface area contributed by atoms with Gasteiger partial charge in [0.25, 0.3) is 0 Å². The number of nitrogens with one attached hydrogen (secondary N) is 2. The molecule has 0 radical (unpaired) electrons. The zero-order valence-electron chi connectivity index (χ0n) is 8.97. The van der Waals surface area contributed by atoms with Crippen molar-refractivity contribution in [3.05, 3.63) is 0 Å². The van der Waals surface area contributed by atoms with E-state index in [9.17, 15) is 4.79 Å². The smallest absolute Gasteiger partial charge is 0.305 e. The van der Waals surface area contributed by atoms with Gasteiger partial charge in [-0.3, -0.25) is 4.79 Å². The molecule has 0 aromatic carbocycles. The van der Waals surface area contributed by atoms with Gasteiger partial charge in [-0.2, -0.15) is 0 Å². The molecular formula is C10H20N2O2. The fourth-order valence-electron chi connectivity index (χ4n) is 2.02. The summed E-state index contributed by atoms with van der Waals surface area (Å²) < 4.78 is 0. The van der Waals surface area contributed by atoms with E-state index in [1.165, 1.54) is 0 Å². The summed E-state index contributed by atoms with van der Waals surface area (Å²) >= 11 is 0. The minimum atomic E-state index is -0.720. The van der Waals surface area contributed by atoms with Crippen LogP contribution in [0.15, 0.2) is 0 Å². The van der Waals surface area contributed by atoms with E-state index >= 15 is 0 Å². The lowest BCUT2D eigenvalue weighted by molar-refractivity contribution is -0.139. The van der Waals surface area contributed by atoms with Crippen molar-refractivity contribution in [1.29, 1.82) is 0 Å². The number of aliphatic carboxylic acids is 1. The van der Waals surface area contributed by atoms with Gasteiger partial charge in [0, 0.05) is 19.1 Å². The SMILES string of the molecule is CCCC(C)NC1(CC(=O)O)CNC1. The van der Waals surface area contributed by atoms with Gasteiger partial charge in [0.1, 0.15) is 0 Å². The van der Waals surface area contributed by atoms with Gasteiger partial charge < -0.3 is 15.7 Å². The zero-order chi connectivity index (χ0) is 10.6. The lowest BCUT2D eigenvalue weighted by Gasteiger charge is -2.44. The summed E-state index contributed by atoms with van der Waals surface area (Å²) in [6, 6.07) is 0.404. The molecule has 1 unspecified atom stereocenters. The van der Waals surface area contributed by atoms with Crippen LogP contribution in [0, 0.1) is 0 Å². The molecule has 0 saturated carbocycles. The van der Waals surface area contributed by atoms with Crippen LogP contribution in [0.4, 0.5) is 0 Å². The Morgan fingerprint density at radius 3 is 2.64 bits per heavy atom. The Kier molecular flexibility index (Phi) is 3.89. The molecule has 14 heavy (non-hydrogen) atoms. The Bertz CT molecular complexity index is 202. The second-order valence-corrected chi connectivity index (χ2v) is 4.29. The Labute approximate surface area is 85.1 Å². The Balaban J connectivity index is 2.40. The molecule has 0 aromatic rings. The van der Waals surface area contributed by atoms with Gasteiger partial charge in [-0.05, 0) is 13.3 Å². The maximum atomic E-state index is 10.7. The van der Waals surface area contributed by atoms with E-state index in [0.717, 1.165) is 25.9 Å². The minimum Gasteiger partial charge on any atom is -0.481 e. The summed E-state index contributed by atoms with van der Waals surface area (Å²) in [5, 5.41) is 15.3. The lowest BCUT2D eigenvalue weighted by Crippen LogP contribution is -2.70. The van der Waals surface area contributed by atoms with Crippen LogP contribution in [0.1, 0.15) is 33.1 Å². The minimum absolute atomic E-state index is 0.194. The van der Waals surface area contributed by atoms with Crippen LogP contribution in [0.25, 0.3) is 0 Å². The summed E-state index contributed by atoms with van der Waals surface area (Å²) in [6.07, 6.45) is 2.44. The maximum absolute atomic E-state index is 10.7. The largest absolute Gasteiger partial charge is 0.481 e. The molecule has 1 heterocycles. The zero-order valence-corrected chi connectivity index (χ0v) is 8.97. The van der Waals surface area contributed by atoms with Crippen molar-refractivity contribution in [2.75, 3.05) is 13.1 Å². The lowest BCUT2D eigenvalue weighted by atomic mass is 9.87. The Morgan fingerprint density at radius 1 is 1.64 bits per heavy atom. The first-order chi connectivity index (χ1) is 6.58. The van der Waals surface area contributed by atoms with E-state index in [1.54, 1.807) is 0 Å². The van der Waals surface area contributed by atoms with E-state index in [0.29, 0.717) is 6.04 Å². The van der Waals surface area contributed by atoms with Crippen molar-refractivity contribution in [2.24, 2.45) is 0 Å². The number of carboxylic acids is 1. The van der Waals surface area contributed by atoms with Gasteiger partial charge in [0.15, 0.2) is 0 Å². The highest BCUT2D eigenvalue weighted by Gasteiger charge is 2.39. The third-order valence-corrected chi connectivity index (χ3v) is 2.69. The van der Waals surface area contributed by atoms with Crippen LogP contribution in [-0.2, 0) is 4.79 Å². The molecule has 82 valence electrons. The van der Waals surface area contributed by atoms with Crippen LogP contribution in [0.2, 0.25) is 0 Å². The van der Waals surface area contributed by atoms with Gasteiger partial charge in [0.2, 0.25) is 0 Å². The monoisotopic (exact) mass is 200 g/mol. The van der Waals surface area contributed by atoms with Gasteiger partial charge >= 0.3 is 5.97 Å². The number of hydrogen-bond acceptors (Lipinski definition) is 3. The fraction of sp³-hybridized carbons (Fsp3) is 0.900. The molecular weight excluding hydrogens is 180 g/mol. The number of rotatable bonds is 6. The van der Waals surface area contributed by atoms with Crippen molar-refractivity contribution in [1.82, 2.24) is 10.6 Å². The van der Waals surface area contributed by atoms with E-state index in [-0.39, 0.29) is 12.0 Å². The molecule has 4 nitrogen and oxygen atoms in total. The van der Waals surface area contributed by atoms with Crippen LogP contribution in [0.3, 0.4) is 0 Å². The van der Waals surface area contributed by atoms with Gasteiger partial charge in [-0.1, -0.05) is 13.3 Å². The number of hydrogen-bond donors (Lipinski definition) is 3. The molecule has 1 aliphatic rings. The summed E-state index contributed by atoms with van der Waals surface area (Å²) in [4.78, 5) is 10.7. The highest BCUT2D eigenvalue weighted by Crippen LogP contribution is 2.17. The average Bonchev–Trinajstić information content (AvgIpc) is 1.99. The molecule has 1 aliphatic heterocycles. The van der Waals surface area contributed by atoms with Crippen LogP contribution < -0.4 is 10.6 Å². The van der Waals surface area contributed by atoms with E-state index < -0.39 is 5.97 Å². The van der Waals surface area contributed by atoms with Crippen molar-refractivity contribution in [2.45, 2.75) is 44.7 Å². The molecule has 0 bridgehead atoms. The van der Waals surface area contributed by atoms with E-state index in [2.05, 4.69) is 24.5 Å². The van der Waals surface area contributed by atoms with Crippen LogP contribution in [0.5, 0.6) is 0 Å². The third kappa shape index (κ3) is 2.96. The molecule has 1 atom stereocenters.